The Labute approximate surface area is 258 Å². The van der Waals surface area contributed by atoms with Gasteiger partial charge < -0.3 is 0 Å². The second-order valence-electron chi connectivity index (χ2n) is 16.6. The Balaban J connectivity index is 1.84. The van der Waals surface area contributed by atoms with E-state index in [2.05, 4.69) is 169 Å². The van der Waals surface area contributed by atoms with Crippen LogP contribution in [0.25, 0.3) is 22.3 Å². The summed E-state index contributed by atoms with van der Waals surface area (Å²) >= 11 is 0. The molecule has 1 saturated carbocycles. The van der Waals surface area contributed by atoms with Crippen LogP contribution in [0.3, 0.4) is 0 Å². The first-order chi connectivity index (χ1) is 19.4. The summed E-state index contributed by atoms with van der Waals surface area (Å²) in [5.74, 6) is 1.50. The molecule has 42 heavy (non-hydrogen) atoms. The highest BCUT2D eigenvalue weighted by Gasteiger charge is 2.38. The molecule has 5 aliphatic carbocycles. The van der Waals surface area contributed by atoms with Gasteiger partial charge in [0, 0.05) is 5.92 Å². The molecule has 0 spiro atoms. The Hall–Kier alpha value is -2.60. The van der Waals surface area contributed by atoms with Gasteiger partial charge in [-0.15, -0.1) is 0 Å². The standard InChI is InChI=1S/C42H51/c1-39(2,3)28-17-21-30-32(23-19-28)36(41(7,8)9)25-34(30)38(27-15-13-14-16-27)35-26-37(42(10,11)12)33-24-20-29(40(4,5)6)18-22-31(33)35/h13-26,38H,1-12H3. The molecule has 0 aromatic rings. The van der Waals surface area contributed by atoms with Crippen molar-refractivity contribution in [1.29, 1.82) is 0 Å². The SMILES string of the molecule is CC(C)(C)c1ccc2c(C([C]3[CH][CH][CH][CH]3)c3cc(C(C)(C)C)c4ccc(C(C)(C)C)ccc3-4)cc(C(C)(C)C)c-2cc1. The maximum absolute atomic E-state index is 2.53. The van der Waals surface area contributed by atoms with Gasteiger partial charge in [0.25, 0.3) is 0 Å². The minimum atomic E-state index is 0.0298. The highest BCUT2D eigenvalue weighted by atomic mass is 14.4. The molecule has 0 heterocycles. The van der Waals surface area contributed by atoms with Crippen molar-refractivity contribution in [2.45, 2.75) is 111 Å². The van der Waals surface area contributed by atoms with Gasteiger partial charge in [0.05, 0.1) is 0 Å². The average Bonchev–Trinajstić information content (AvgIpc) is 3.49. The molecule has 0 atom stereocenters. The summed E-state index contributed by atoms with van der Waals surface area (Å²) in [5, 5.41) is 0. The van der Waals surface area contributed by atoms with Gasteiger partial charge in [-0.25, -0.2) is 0 Å². The van der Waals surface area contributed by atoms with Crippen molar-refractivity contribution in [2.75, 3.05) is 0 Å². The van der Waals surface area contributed by atoms with E-state index < -0.39 is 0 Å². The summed E-state index contributed by atoms with van der Waals surface area (Å²) in [5.41, 5.74) is 14.1. The average molecular weight is 556 g/mol. The van der Waals surface area contributed by atoms with Gasteiger partial charge in [-0.05, 0) is 109 Å². The molecule has 0 heteroatoms. The summed E-state index contributed by atoms with van der Waals surface area (Å²) in [7, 11) is 0. The third-order valence-corrected chi connectivity index (χ3v) is 9.09. The quantitative estimate of drug-likeness (QED) is 0.236. The van der Waals surface area contributed by atoms with E-state index in [1.807, 2.05) is 0 Å². The van der Waals surface area contributed by atoms with Gasteiger partial charge in [0.1, 0.15) is 0 Å². The smallest absolute Gasteiger partial charge is 0.0170 e. The lowest BCUT2D eigenvalue weighted by atomic mass is 9.78. The van der Waals surface area contributed by atoms with Crippen molar-refractivity contribution < 1.29 is 0 Å². The van der Waals surface area contributed by atoms with Crippen LogP contribution in [0, 0.1) is 31.6 Å². The maximum Gasteiger partial charge on any atom is 0.0170 e. The van der Waals surface area contributed by atoms with Crippen LogP contribution in [0.4, 0.5) is 0 Å². The van der Waals surface area contributed by atoms with Crippen molar-refractivity contribution in [3.8, 4) is 22.3 Å². The van der Waals surface area contributed by atoms with E-state index in [0.29, 0.717) is 0 Å². The topological polar surface area (TPSA) is 0 Å². The van der Waals surface area contributed by atoms with Gasteiger partial charge >= 0.3 is 0 Å². The van der Waals surface area contributed by atoms with Crippen molar-refractivity contribution in [3.05, 3.63) is 126 Å². The van der Waals surface area contributed by atoms with E-state index in [9.17, 15) is 0 Å². The summed E-state index contributed by atoms with van der Waals surface area (Å²) in [6, 6.07) is 24.1. The molecule has 219 valence electrons. The summed E-state index contributed by atoms with van der Waals surface area (Å²) in [4.78, 5) is 0. The number of hydrogen-bond donors (Lipinski definition) is 0. The highest BCUT2D eigenvalue weighted by Crippen LogP contribution is 2.53. The number of hydrogen-bond acceptors (Lipinski definition) is 0. The van der Waals surface area contributed by atoms with Crippen molar-refractivity contribution in [3.63, 3.8) is 0 Å². The molecule has 0 unspecified atom stereocenters. The van der Waals surface area contributed by atoms with E-state index in [1.165, 1.54) is 61.6 Å². The molecule has 0 aromatic heterocycles. The molecule has 5 rings (SSSR count). The number of fused-ring (bicyclic) bond motifs is 2. The van der Waals surface area contributed by atoms with E-state index >= 15 is 0 Å². The Morgan fingerprint density at radius 3 is 1.05 bits per heavy atom. The molecule has 5 radical (unpaired) electrons. The second-order valence-corrected chi connectivity index (χ2v) is 16.6. The van der Waals surface area contributed by atoms with Crippen LogP contribution in [-0.2, 0) is 21.7 Å². The fourth-order valence-corrected chi connectivity index (χ4v) is 6.58. The van der Waals surface area contributed by atoms with E-state index in [0.717, 1.165) is 0 Å². The fourth-order valence-electron chi connectivity index (χ4n) is 6.58. The minimum absolute atomic E-state index is 0.0298. The predicted octanol–water partition coefficient (Wildman–Crippen LogP) is 11.6. The molecular formula is C42H51. The third kappa shape index (κ3) is 5.80. The maximum atomic E-state index is 2.53. The lowest BCUT2D eigenvalue weighted by Crippen LogP contribution is -2.12. The Morgan fingerprint density at radius 1 is 0.405 bits per heavy atom. The normalized spacial score (nSPS) is 15.8. The largest absolute Gasteiger partial charge is 0.0579 e. The van der Waals surface area contributed by atoms with Gasteiger partial charge in [-0.1, -0.05) is 144 Å². The van der Waals surface area contributed by atoms with Gasteiger partial charge in [-0.2, -0.15) is 0 Å². The molecule has 5 aliphatic rings. The molecular weight excluding hydrogens is 504 g/mol. The minimum Gasteiger partial charge on any atom is -0.0579 e. The zero-order valence-corrected chi connectivity index (χ0v) is 28.2. The Kier molecular flexibility index (Phi) is 7.74. The lowest BCUT2D eigenvalue weighted by Gasteiger charge is -2.24. The molecule has 0 amide bonds. The molecule has 1 fully saturated rings. The van der Waals surface area contributed by atoms with Crippen LogP contribution in [0.2, 0.25) is 0 Å². The van der Waals surface area contributed by atoms with Crippen molar-refractivity contribution >= 4 is 0 Å². The lowest BCUT2D eigenvalue weighted by molar-refractivity contribution is 0.590. The zero-order chi connectivity index (χ0) is 30.8. The van der Waals surface area contributed by atoms with E-state index in [1.54, 1.807) is 0 Å². The highest BCUT2D eigenvalue weighted by molar-refractivity contribution is 5.83. The summed E-state index contributed by atoms with van der Waals surface area (Å²) < 4.78 is 0. The van der Waals surface area contributed by atoms with E-state index in [-0.39, 0.29) is 27.6 Å². The van der Waals surface area contributed by atoms with Gasteiger partial charge in [0.2, 0.25) is 0 Å². The first-order valence-electron chi connectivity index (χ1n) is 15.7. The first kappa shape index (κ1) is 30.8. The number of rotatable bonds is 3. The molecule has 0 N–H and O–H groups in total. The summed E-state index contributed by atoms with van der Waals surface area (Å²) in [6.45, 7) is 28.0. The molecule has 0 aliphatic heterocycles. The van der Waals surface area contributed by atoms with Crippen molar-refractivity contribution in [1.82, 2.24) is 0 Å². The van der Waals surface area contributed by atoms with Crippen molar-refractivity contribution in [2.24, 2.45) is 0 Å². The van der Waals surface area contributed by atoms with Crippen LogP contribution in [0.5, 0.6) is 0 Å². The van der Waals surface area contributed by atoms with E-state index in [4.69, 9.17) is 0 Å². The van der Waals surface area contributed by atoms with Gasteiger partial charge in [0.15, 0.2) is 0 Å². The molecule has 0 saturated heterocycles. The van der Waals surface area contributed by atoms with Crippen LogP contribution < -0.4 is 0 Å². The first-order valence-corrected chi connectivity index (χ1v) is 15.7. The fraction of sp³-hybridized carbons (Fsp3) is 0.405. The van der Waals surface area contributed by atoms with Crippen LogP contribution >= 0.6 is 0 Å². The molecule has 0 nitrogen and oxygen atoms in total. The molecule has 0 aromatic carbocycles. The van der Waals surface area contributed by atoms with Crippen LogP contribution in [-0.4, -0.2) is 0 Å². The second kappa shape index (κ2) is 10.5. The summed E-state index contributed by atoms with van der Waals surface area (Å²) in [6.07, 6.45) is 9.04. The Bertz CT molecular complexity index is 1390. The Morgan fingerprint density at radius 2 is 0.738 bits per heavy atom. The third-order valence-electron chi connectivity index (χ3n) is 9.09. The molecule has 0 bridgehead atoms. The predicted molar refractivity (Wildman–Crippen MR) is 183 cm³/mol. The van der Waals surface area contributed by atoms with Gasteiger partial charge in [-0.3, -0.25) is 0 Å². The van der Waals surface area contributed by atoms with Crippen LogP contribution in [0.1, 0.15) is 122 Å². The monoisotopic (exact) mass is 555 g/mol. The van der Waals surface area contributed by atoms with Crippen LogP contribution in [0.15, 0.2) is 60.7 Å². The zero-order valence-electron chi connectivity index (χ0n) is 28.2.